The Kier molecular flexibility index (Phi) is 3.84. The van der Waals surface area contributed by atoms with Gasteiger partial charge in [0.1, 0.15) is 5.69 Å². The van der Waals surface area contributed by atoms with Gasteiger partial charge in [-0.1, -0.05) is 0 Å². The van der Waals surface area contributed by atoms with Crippen LogP contribution in [0.3, 0.4) is 0 Å². The van der Waals surface area contributed by atoms with Crippen molar-refractivity contribution in [3.63, 3.8) is 0 Å². The molecule has 0 saturated carbocycles. The highest BCUT2D eigenvalue weighted by molar-refractivity contribution is 5.93. The summed E-state index contributed by atoms with van der Waals surface area (Å²) in [4.78, 5) is 23.1. The van der Waals surface area contributed by atoms with Gasteiger partial charge in [-0.15, -0.1) is 0 Å². The van der Waals surface area contributed by atoms with Gasteiger partial charge in [-0.25, -0.2) is 9.97 Å². The Balaban J connectivity index is 1.60. The van der Waals surface area contributed by atoms with Gasteiger partial charge in [0.2, 0.25) is 0 Å². The van der Waals surface area contributed by atoms with Crippen LogP contribution in [0.2, 0.25) is 0 Å². The van der Waals surface area contributed by atoms with E-state index in [0.29, 0.717) is 5.82 Å². The van der Waals surface area contributed by atoms with E-state index in [1.54, 1.807) is 12.4 Å². The van der Waals surface area contributed by atoms with Crippen LogP contribution in [0, 0.1) is 0 Å². The lowest BCUT2D eigenvalue weighted by Crippen LogP contribution is -2.10. The maximum absolute atomic E-state index is 4.63. The third-order valence-electron chi connectivity index (χ3n) is 4.55. The quantitative estimate of drug-likeness (QED) is 0.504. The van der Waals surface area contributed by atoms with Crippen LogP contribution in [0.5, 0.6) is 0 Å². The van der Waals surface area contributed by atoms with Crippen LogP contribution in [-0.4, -0.2) is 54.1 Å². The smallest absolute Gasteiger partial charge is 0.159 e. The maximum Gasteiger partial charge on any atom is 0.159 e. The highest BCUT2D eigenvalue weighted by atomic mass is 15.2. The highest BCUT2D eigenvalue weighted by Gasteiger charge is 2.14. The van der Waals surface area contributed by atoms with Crippen LogP contribution in [0.15, 0.2) is 49.2 Å². The van der Waals surface area contributed by atoms with E-state index < -0.39 is 0 Å². The fourth-order valence-electron chi connectivity index (χ4n) is 3.31. The number of imidazole rings is 1. The largest absolute Gasteiger partial charge is 0.335 e. The molecule has 138 valence electrons. The summed E-state index contributed by atoms with van der Waals surface area (Å²) >= 11 is 0. The van der Waals surface area contributed by atoms with E-state index in [0.717, 1.165) is 51.0 Å². The number of hydrogen-bond donors (Lipinski definition) is 2. The molecule has 5 rings (SSSR count). The monoisotopic (exact) mass is 370 g/mol. The van der Waals surface area contributed by atoms with Gasteiger partial charge in [-0.05, 0) is 37.9 Å². The molecule has 5 heterocycles. The van der Waals surface area contributed by atoms with Crippen LogP contribution in [0.4, 0.5) is 0 Å². The van der Waals surface area contributed by atoms with Crippen molar-refractivity contribution in [1.82, 2.24) is 40.0 Å². The molecule has 5 aromatic heterocycles. The highest BCUT2D eigenvalue weighted by Crippen LogP contribution is 2.29. The number of nitrogens with zero attached hydrogens (tertiary/aromatic N) is 6. The molecular weight excluding hydrogens is 352 g/mol. The van der Waals surface area contributed by atoms with Crippen molar-refractivity contribution in [1.29, 1.82) is 0 Å². The molecule has 0 unspecified atom stereocenters. The standard InChI is InChI=1S/C20H18N8/c1-28(2)11-12-5-13(8-22-7-12)14-6-15-18(26-27-19(15)23-9-14)20-24-16-3-4-21-10-17(16)25-20/h3-10H,11H2,1-2H3,(H,24,25)(H,23,26,27). The summed E-state index contributed by atoms with van der Waals surface area (Å²) in [5.41, 5.74) is 6.34. The van der Waals surface area contributed by atoms with E-state index in [-0.39, 0.29) is 0 Å². The predicted octanol–water partition coefficient (Wildman–Crippen LogP) is 3.02. The van der Waals surface area contributed by atoms with Crippen molar-refractivity contribution in [3.05, 3.63) is 54.7 Å². The van der Waals surface area contributed by atoms with Crippen molar-refractivity contribution in [2.75, 3.05) is 14.1 Å². The van der Waals surface area contributed by atoms with E-state index in [2.05, 4.69) is 52.1 Å². The van der Waals surface area contributed by atoms with Crippen LogP contribution >= 0.6 is 0 Å². The van der Waals surface area contributed by atoms with Crippen LogP contribution in [0.25, 0.3) is 44.7 Å². The van der Waals surface area contributed by atoms with Crippen molar-refractivity contribution >= 4 is 22.1 Å². The van der Waals surface area contributed by atoms with Crippen molar-refractivity contribution < 1.29 is 0 Å². The van der Waals surface area contributed by atoms with Crippen molar-refractivity contribution in [2.45, 2.75) is 6.54 Å². The zero-order chi connectivity index (χ0) is 19.1. The molecule has 0 aromatic carbocycles. The Morgan fingerprint density at radius 3 is 2.75 bits per heavy atom. The molecule has 28 heavy (non-hydrogen) atoms. The summed E-state index contributed by atoms with van der Waals surface area (Å²) in [6, 6.07) is 6.08. The molecule has 0 aliphatic carbocycles. The van der Waals surface area contributed by atoms with E-state index in [9.17, 15) is 0 Å². The summed E-state index contributed by atoms with van der Waals surface area (Å²) in [5.74, 6) is 0.688. The summed E-state index contributed by atoms with van der Waals surface area (Å²) < 4.78 is 0. The van der Waals surface area contributed by atoms with Gasteiger partial charge in [0, 0.05) is 42.5 Å². The average molecular weight is 370 g/mol. The molecule has 0 fully saturated rings. The van der Waals surface area contributed by atoms with Gasteiger partial charge in [0.05, 0.1) is 22.6 Å². The number of hydrogen-bond acceptors (Lipinski definition) is 6. The first-order valence-electron chi connectivity index (χ1n) is 8.90. The maximum atomic E-state index is 4.63. The summed E-state index contributed by atoms with van der Waals surface area (Å²) in [6.45, 7) is 0.834. The lowest BCUT2D eigenvalue weighted by atomic mass is 10.1. The van der Waals surface area contributed by atoms with Gasteiger partial charge in [0.15, 0.2) is 11.5 Å². The van der Waals surface area contributed by atoms with E-state index >= 15 is 0 Å². The number of aromatic nitrogens is 7. The first kappa shape index (κ1) is 16.5. The van der Waals surface area contributed by atoms with Gasteiger partial charge < -0.3 is 9.88 Å². The summed E-state index contributed by atoms with van der Waals surface area (Å²) in [7, 11) is 4.09. The molecular formula is C20H18N8. The summed E-state index contributed by atoms with van der Waals surface area (Å²) in [6.07, 6.45) is 9.06. The SMILES string of the molecule is CN(C)Cc1cncc(-c2cnc3[nH]nc(-c4nc5ccncc5[nH]4)c3c2)c1. The lowest BCUT2D eigenvalue weighted by molar-refractivity contribution is 0.402. The average Bonchev–Trinajstić information content (AvgIpc) is 3.30. The molecule has 8 nitrogen and oxygen atoms in total. The Labute approximate surface area is 160 Å². The molecule has 0 atom stereocenters. The minimum Gasteiger partial charge on any atom is -0.335 e. The first-order valence-corrected chi connectivity index (χ1v) is 8.90. The van der Waals surface area contributed by atoms with Gasteiger partial charge in [-0.2, -0.15) is 5.10 Å². The minimum atomic E-state index is 0.688. The van der Waals surface area contributed by atoms with E-state index in [4.69, 9.17) is 0 Å². The molecule has 0 amide bonds. The normalized spacial score (nSPS) is 11.7. The van der Waals surface area contributed by atoms with Crippen LogP contribution in [0.1, 0.15) is 5.56 Å². The van der Waals surface area contributed by atoms with Gasteiger partial charge in [-0.3, -0.25) is 15.1 Å². The van der Waals surface area contributed by atoms with Gasteiger partial charge >= 0.3 is 0 Å². The van der Waals surface area contributed by atoms with Gasteiger partial charge in [0.25, 0.3) is 0 Å². The molecule has 0 saturated heterocycles. The second-order valence-corrected chi connectivity index (χ2v) is 6.99. The zero-order valence-corrected chi connectivity index (χ0v) is 15.5. The third kappa shape index (κ3) is 2.89. The number of nitrogens with one attached hydrogen (secondary N) is 2. The first-order chi connectivity index (χ1) is 13.7. The Bertz CT molecular complexity index is 1250. The lowest BCUT2D eigenvalue weighted by Gasteiger charge is -2.10. The molecule has 8 heteroatoms. The number of H-pyrrole nitrogens is 2. The fourth-order valence-corrected chi connectivity index (χ4v) is 3.31. The number of aromatic amines is 2. The molecule has 0 spiro atoms. The Morgan fingerprint density at radius 1 is 1.00 bits per heavy atom. The third-order valence-corrected chi connectivity index (χ3v) is 4.55. The predicted molar refractivity (Wildman–Crippen MR) is 107 cm³/mol. The number of fused-ring (bicyclic) bond motifs is 2. The van der Waals surface area contributed by atoms with E-state index in [1.807, 2.05) is 38.8 Å². The van der Waals surface area contributed by atoms with Crippen LogP contribution in [-0.2, 0) is 6.54 Å². The molecule has 0 aliphatic rings. The second kappa shape index (κ2) is 6.50. The Hall–Kier alpha value is -3.65. The zero-order valence-electron chi connectivity index (χ0n) is 15.5. The van der Waals surface area contributed by atoms with E-state index in [1.165, 1.54) is 0 Å². The minimum absolute atomic E-state index is 0.688. The van der Waals surface area contributed by atoms with Crippen molar-refractivity contribution in [3.8, 4) is 22.6 Å². The fraction of sp³-hybridized carbons (Fsp3) is 0.150. The number of pyridine rings is 3. The molecule has 0 radical (unpaired) electrons. The second-order valence-electron chi connectivity index (χ2n) is 6.99. The molecule has 5 aromatic rings. The Morgan fingerprint density at radius 2 is 1.89 bits per heavy atom. The van der Waals surface area contributed by atoms with Crippen LogP contribution < -0.4 is 0 Å². The summed E-state index contributed by atoms with van der Waals surface area (Å²) in [5, 5.41) is 8.32. The van der Waals surface area contributed by atoms with Crippen molar-refractivity contribution in [2.24, 2.45) is 0 Å². The number of rotatable bonds is 4. The molecule has 0 aliphatic heterocycles. The molecule has 2 N–H and O–H groups in total. The topological polar surface area (TPSA) is 99.3 Å². The molecule has 0 bridgehead atoms.